The maximum Gasteiger partial charge on any atom is 0.354 e. The van der Waals surface area contributed by atoms with E-state index in [1.807, 2.05) is 20.8 Å². The number of benzene rings is 2. The Morgan fingerprint density at radius 2 is 1.73 bits per heavy atom. The first kappa shape index (κ1) is 22.0. The summed E-state index contributed by atoms with van der Waals surface area (Å²) in [6.45, 7) is 6.37. The first-order chi connectivity index (χ1) is 14.2. The van der Waals surface area contributed by atoms with Gasteiger partial charge >= 0.3 is 5.97 Å². The molecule has 2 aromatic carbocycles. The first-order valence-corrected chi connectivity index (χ1v) is 11.8. The van der Waals surface area contributed by atoms with Gasteiger partial charge in [0.05, 0.1) is 11.5 Å². The van der Waals surface area contributed by atoms with Crippen LogP contribution >= 0.6 is 11.3 Å². The van der Waals surface area contributed by atoms with Crippen molar-refractivity contribution in [2.24, 2.45) is 5.14 Å². The van der Waals surface area contributed by atoms with Crippen LogP contribution in [0.1, 0.15) is 34.0 Å². The molecule has 0 unspecified atom stereocenters. The third kappa shape index (κ3) is 4.72. The number of esters is 1. The zero-order chi connectivity index (χ0) is 21.9. The van der Waals surface area contributed by atoms with E-state index in [0.29, 0.717) is 23.0 Å². The molecule has 1 aromatic heterocycles. The second-order valence-electron chi connectivity index (χ2n) is 6.57. The third-order valence-electron chi connectivity index (χ3n) is 4.55. The predicted molar refractivity (Wildman–Crippen MR) is 118 cm³/mol. The molecule has 0 bridgehead atoms. The molecule has 3 aromatic rings. The molecule has 6 nitrogen and oxygen atoms in total. The van der Waals surface area contributed by atoms with E-state index in [-0.39, 0.29) is 4.90 Å². The number of hydrogen-bond donors (Lipinski definition) is 1. The third-order valence-corrected chi connectivity index (χ3v) is 6.90. The van der Waals surface area contributed by atoms with Crippen LogP contribution in [0.5, 0.6) is 11.5 Å². The minimum absolute atomic E-state index is 0.0201. The van der Waals surface area contributed by atoms with E-state index in [1.54, 1.807) is 36.4 Å². The maximum atomic E-state index is 13.0. The Hall–Kier alpha value is -2.68. The molecule has 3 rings (SSSR count). The fourth-order valence-corrected chi connectivity index (χ4v) is 4.81. The molecular weight excluding hydrogens is 422 g/mol. The molecule has 1 heterocycles. The van der Waals surface area contributed by atoms with Gasteiger partial charge < -0.3 is 9.47 Å². The molecule has 30 heavy (non-hydrogen) atoms. The Morgan fingerprint density at radius 3 is 2.33 bits per heavy atom. The summed E-state index contributed by atoms with van der Waals surface area (Å²) >= 11 is 1.38. The lowest BCUT2D eigenvalue weighted by Gasteiger charge is -2.09. The smallest absolute Gasteiger partial charge is 0.354 e. The molecular formula is C22H23NO5S2. The second-order valence-corrected chi connectivity index (χ2v) is 9.24. The van der Waals surface area contributed by atoms with Crippen LogP contribution in [0.25, 0.3) is 11.1 Å². The molecule has 0 spiro atoms. The Morgan fingerprint density at radius 1 is 1.07 bits per heavy atom. The molecule has 0 saturated heterocycles. The van der Waals surface area contributed by atoms with Crippen LogP contribution < -0.4 is 14.6 Å². The van der Waals surface area contributed by atoms with Gasteiger partial charge in [-0.15, -0.1) is 11.3 Å². The number of aryl methyl sites for hydroxylation is 1. The topological polar surface area (TPSA) is 95.7 Å². The van der Waals surface area contributed by atoms with Crippen LogP contribution in [0.4, 0.5) is 0 Å². The van der Waals surface area contributed by atoms with Crippen molar-refractivity contribution in [1.82, 2.24) is 0 Å². The normalized spacial score (nSPS) is 11.3. The van der Waals surface area contributed by atoms with Crippen molar-refractivity contribution in [1.29, 1.82) is 0 Å². The lowest BCUT2D eigenvalue weighted by atomic mass is 10.0. The highest BCUT2D eigenvalue weighted by molar-refractivity contribution is 7.89. The molecule has 0 aliphatic rings. The van der Waals surface area contributed by atoms with Crippen molar-refractivity contribution in [2.45, 2.75) is 32.1 Å². The van der Waals surface area contributed by atoms with Gasteiger partial charge in [-0.2, -0.15) is 0 Å². The number of sulfonamides is 1. The van der Waals surface area contributed by atoms with Gasteiger partial charge in [-0.1, -0.05) is 25.1 Å². The van der Waals surface area contributed by atoms with Crippen LogP contribution in [0.3, 0.4) is 0 Å². The van der Waals surface area contributed by atoms with E-state index >= 15 is 0 Å². The average Bonchev–Trinajstić information content (AvgIpc) is 3.04. The molecule has 0 radical (unpaired) electrons. The molecule has 0 amide bonds. The molecule has 2 N–H and O–H groups in total. The number of hydrogen-bond acceptors (Lipinski definition) is 6. The number of nitrogens with two attached hydrogens (primary N) is 1. The van der Waals surface area contributed by atoms with Gasteiger partial charge in [-0.05, 0) is 55.7 Å². The predicted octanol–water partition coefficient (Wildman–Crippen LogP) is 4.55. The van der Waals surface area contributed by atoms with Gasteiger partial charge in [0.25, 0.3) is 0 Å². The number of carbonyl (C=O) groups is 1. The summed E-state index contributed by atoms with van der Waals surface area (Å²) < 4.78 is 34.2. The van der Waals surface area contributed by atoms with E-state index < -0.39 is 16.0 Å². The summed E-state index contributed by atoms with van der Waals surface area (Å²) in [4.78, 5) is 14.6. The molecule has 0 saturated carbocycles. The largest absolute Gasteiger partial charge is 0.494 e. The van der Waals surface area contributed by atoms with E-state index in [4.69, 9.17) is 14.6 Å². The van der Waals surface area contributed by atoms with E-state index in [9.17, 15) is 13.2 Å². The van der Waals surface area contributed by atoms with Crippen LogP contribution in [-0.4, -0.2) is 21.0 Å². The number of rotatable bonds is 7. The number of carbonyl (C=O) groups excluding carboxylic acids is 1. The highest BCUT2D eigenvalue weighted by Crippen LogP contribution is 2.38. The van der Waals surface area contributed by atoms with Crippen molar-refractivity contribution in [2.75, 3.05) is 6.61 Å². The van der Waals surface area contributed by atoms with Crippen LogP contribution in [0.15, 0.2) is 53.4 Å². The Kier molecular flexibility index (Phi) is 6.60. The summed E-state index contributed by atoms with van der Waals surface area (Å²) in [5, 5.41) is 5.19. The van der Waals surface area contributed by atoms with Crippen LogP contribution in [0, 0.1) is 6.92 Å². The standard InChI is InChI=1S/C22H23NO5S2/c1-4-19-14(3)20(15-9-11-18(12-10-15)30(23,25)26)21(29-19)22(24)28-17-8-6-7-16(13-17)27-5-2/h6-13H,4-5H2,1-3H3,(H2,23,25,26). The van der Waals surface area contributed by atoms with Crippen molar-refractivity contribution in [3.05, 3.63) is 63.8 Å². The van der Waals surface area contributed by atoms with Gasteiger partial charge in [-0.3, -0.25) is 0 Å². The monoisotopic (exact) mass is 445 g/mol. The molecule has 8 heteroatoms. The zero-order valence-corrected chi connectivity index (χ0v) is 18.6. The molecule has 0 aliphatic carbocycles. The first-order valence-electron chi connectivity index (χ1n) is 9.45. The van der Waals surface area contributed by atoms with Gasteiger partial charge in [-0.25, -0.2) is 18.4 Å². The zero-order valence-electron chi connectivity index (χ0n) is 17.0. The highest BCUT2D eigenvalue weighted by atomic mass is 32.2. The summed E-state index contributed by atoms with van der Waals surface area (Å²) in [7, 11) is -3.79. The number of ether oxygens (including phenoxy) is 2. The second kappa shape index (κ2) is 8.99. The van der Waals surface area contributed by atoms with Gasteiger partial charge in [0.15, 0.2) is 0 Å². The van der Waals surface area contributed by atoms with Crippen molar-refractivity contribution in [3.63, 3.8) is 0 Å². The van der Waals surface area contributed by atoms with Crippen molar-refractivity contribution < 1.29 is 22.7 Å². The van der Waals surface area contributed by atoms with Gasteiger partial charge in [0, 0.05) is 16.5 Å². The fourth-order valence-electron chi connectivity index (χ4n) is 3.15. The van der Waals surface area contributed by atoms with E-state index in [1.165, 1.54) is 23.5 Å². The minimum Gasteiger partial charge on any atom is -0.494 e. The summed E-state index contributed by atoms with van der Waals surface area (Å²) in [6, 6.07) is 13.1. The molecule has 0 atom stereocenters. The lowest BCUT2D eigenvalue weighted by Crippen LogP contribution is -2.12. The van der Waals surface area contributed by atoms with E-state index in [2.05, 4.69) is 0 Å². The quantitative estimate of drug-likeness (QED) is 0.425. The van der Waals surface area contributed by atoms with Crippen LogP contribution in [-0.2, 0) is 16.4 Å². The average molecular weight is 446 g/mol. The van der Waals surface area contributed by atoms with Crippen molar-refractivity contribution in [3.8, 4) is 22.6 Å². The number of primary sulfonamides is 1. The maximum absolute atomic E-state index is 13.0. The van der Waals surface area contributed by atoms with E-state index in [0.717, 1.165) is 28.0 Å². The van der Waals surface area contributed by atoms with Crippen molar-refractivity contribution >= 4 is 27.3 Å². The van der Waals surface area contributed by atoms with Gasteiger partial charge in [0.1, 0.15) is 16.4 Å². The Labute approximate surface area is 180 Å². The van der Waals surface area contributed by atoms with Crippen LogP contribution in [0.2, 0.25) is 0 Å². The minimum atomic E-state index is -3.79. The molecule has 0 aliphatic heterocycles. The molecule has 158 valence electrons. The Balaban J connectivity index is 1.99. The molecule has 0 fully saturated rings. The lowest BCUT2D eigenvalue weighted by molar-refractivity contribution is 0.0740. The number of thiophene rings is 1. The summed E-state index contributed by atoms with van der Waals surface area (Å²) in [5.41, 5.74) is 2.44. The Bertz CT molecular complexity index is 1160. The van der Waals surface area contributed by atoms with Gasteiger partial charge in [0.2, 0.25) is 10.0 Å². The summed E-state index contributed by atoms with van der Waals surface area (Å²) in [5.74, 6) is 0.547. The summed E-state index contributed by atoms with van der Waals surface area (Å²) in [6.07, 6.45) is 0.770. The fraction of sp³-hybridized carbons (Fsp3) is 0.227. The SMILES string of the molecule is CCOc1cccc(OC(=O)c2sc(CC)c(C)c2-c2ccc(S(N)(=O)=O)cc2)c1. The highest BCUT2D eigenvalue weighted by Gasteiger charge is 2.23.